The molecule has 0 aromatic heterocycles. The first-order chi connectivity index (χ1) is 14.7. The predicted molar refractivity (Wildman–Crippen MR) is 136 cm³/mol. The molecule has 2 heteroatoms. The van der Waals surface area contributed by atoms with Gasteiger partial charge in [-0.15, -0.1) is 0 Å². The maximum atomic E-state index is 6.44. The fourth-order valence-corrected chi connectivity index (χ4v) is 8.96. The van der Waals surface area contributed by atoms with Crippen LogP contribution in [0.5, 0.6) is 5.75 Å². The van der Waals surface area contributed by atoms with Gasteiger partial charge < -0.3 is 4.74 Å². The van der Waals surface area contributed by atoms with Crippen LogP contribution < -0.4 is 9.92 Å². The quantitative estimate of drug-likeness (QED) is 0.312. The van der Waals surface area contributed by atoms with Gasteiger partial charge in [-0.2, -0.15) is 0 Å². The first-order valence-corrected chi connectivity index (χ1v) is 14.3. The van der Waals surface area contributed by atoms with E-state index in [-0.39, 0.29) is 5.41 Å². The lowest BCUT2D eigenvalue weighted by molar-refractivity contribution is 0.353. The standard InChI is InChI=1S/C29H34OSi/c1-8-17-30-27-25(29(3,4)5)18-20(2)19-26(27)31(6,7)28-23-15-11-9-13-21(23)22-14-10-12-16-24(22)28/h8-16,18-19,28H,1,17H2,2-7H3. The lowest BCUT2D eigenvalue weighted by Gasteiger charge is -2.36. The summed E-state index contributed by atoms with van der Waals surface area (Å²) in [5.74, 6) is 1.08. The van der Waals surface area contributed by atoms with Crippen molar-refractivity contribution in [1.29, 1.82) is 0 Å². The van der Waals surface area contributed by atoms with Crippen molar-refractivity contribution in [2.75, 3.05) is 6.61 Å². The molecule has 0 spiro atoms. The van der Waals surface area contributed by atoms with E-state index in [4.69, 9.17) is 4.74 Å². The van der Waals surface area contributed by atoms with Crippen molar-refractivity contribution in [3.8, 4) is 16.9 Å². The zero-order valence-electron chi connectivity index (χ0n) is 19.8. The first-order valence-electron chi connectivity index (χ1n) is 11.2. The molecule has 3 aromatic rings. The molecule has 0 unspecified atom stereocenters. The van der Waals surface area contributed by atoms with Crippen LogP contribution in [-0.2, 0) is 5.41 Å². The summed E-state index contributed by atoms with van der Waals surface area (Å²) < 4.78 is 6.44. The highest BCUT2D eigenvalue weighted by Gasteiger charge is 2.44. The molecule has 0 amide bonds. The molecule has 0 heterocycles. The summed E-state index contributed by atoms with van der Waals surface area (Å²) in [5, 5.41) is 1.41. The average molecular weight is 427 g/mol. The first kappa shape index (κ1) is 21.6. The highest BCUT2D eigenvalue weighted by atomic mass is 28.3. The van der Waals surface area contributed by atoms with Crippen molar-refractivity contribution in [2.45, 2.75) is 51.7 Å². The predicted octanol–water partition coefficient (Wildman–Crippen LogP) is 7.12. The van der Waals surface area contributed by atoms with E-state index in [1.807, 2.05) is 6.08 Å². The van der Waals surface area contributed by atoms with E-state index in [1.54, 1.807) is 0 Å². The lowest BCUT2D eigenvalue weighted by Crippen LogP contribution is -2.49. The van der Waals surface area contributed by atoms with Crippen LogP contribution >= 0.6 is 0 Å². The van der Waals surface area contributed by atoms with Crippen LogP contribution in [0.1, 0.15) is 48.6 Å². The Bertz CT molecular complexity index is 1090. The summed E-state index contributed by atoms with van der Waals surface area (Å²) in [7, 11) is -2.04. The van der Waals surface area contributed by atoms with Crippen molar-refractivity contribution < 1.29 is 4.74 Å². The van der Waals surface area contributed by atoms with Gasteiger partial charge in [0.15, 0.2) is 0 Å². The number of hydrogen-bond donors (Lipinski definition) is 0. The zero-order valence-corrected chi connectivity index (χ0v) is 20.8. The Morgan fingerprint density at radius 1 is 0.935 bits per heavy atom. The van der Waals surface area contributed by atoms with E-state index in [0.29, 0.717) is 12.1 Å². The molecule has 31 heavy (non-hydrogen) atoms. The maximum Gasteiger partial charge on any atom is 0.122 e. The molecular weight excluding hydrogens is 392 g/mol. The number of rotatable bonds is 5. The van der Waals surface area contributed by atoms with Crippen LogP contribution in [0.2, 0.25) is 13.1 Å². The topological polar surface area (TPSA) is 9.23 Å². The minimum absolute atomic E-state index is 0.00719. The molecule has 0 aliphatic heterocycles. The van der Waals surface area contributed by atoms with Crippen molar-refractivity contribution >= 4 is 13.3 Å². The van der Waals surface area contributed by atoms with Crippen molar-refractivity contribution in [3.63, 3.8) is 0 Å². The molecule has 1 aliphatic carbocycles. The number of aryl methyl sites for hydroxylation is 1. The van der Waals surface area contributed by atoms with Gasteiger partial charge in [-0.25, -0.2) is 0 Å². The van der Waals surface area contributed by atoms with Crippen molar-refractivity contribution in [1.82, 2.24) is 0 Å². The average Bonchev–Trinajstić information content (AvgIpc) is 3.07. The summed E-state index contributed by atoms with van der Waals surface area (Å²) in [6.07, 6.45) is 1.85. The van der Waals surface area contributed by atoms with Gasteiger partial charge in [-0.1, -0.05) is 113 Å². The Hall–Kier alpha value is -2.58. The molecule has 0 radical (unpaired) electrons. The van der Waals surface area contributed by atoms with Gasteiger partial charge in [-0.05, 0) is 45.3 Å². The third kappa shape index (κ3) is 3.68. The zero-order chi connectivity index (χ0) is 22.4. The molecule has 1 aliphatic rings. The van der Waals surface area contributed by atoms with E-state index in [9.17, 15) is 0 Å². The molecule has 0 N–H and O–H groups in total. The van der Waals surface area contributed by atoms with Crippen molar-refractivity contribution in [2.24, 2.45) is 0 Å². The number of hydrogen-bond acceptors (Lipinski definition) is 1. The second-order valence-electron chi connectivity index (χ2n) is 10.4. The van der Waals surface area contributed by atoms with Crippen LogP contribution in [0.25, 0.3) is 11.1 Å². The van der Waals surface area contributed by atoms with Gasteiger partial charge in [0.05, 0.1) is 8.07 Å². The molecule has 160 valence electrons. The molecule has 0 saturated heterocycles. The molecule has 0 atom stereocenters. The SMILES string of the molecule is C=CCOc1c(C(C)(C)C)cc(C)cc1[Si](C)(C)C1c2ccccc2-c2ccccc21. The van der Waals surface area contributed by atoms with Gasteiger partial charge in [0, 0.05) is 5.54 Å². The highest BCUT2D eigenvalue weighted by molar-refractivity contribution is 6.92. The van der Waals surface area contributed by atoms with Gasteiger partial charge in [0.1, 0.15) is 12.4 Å². The fraction of sp³-hybridized carbons (Fsp3) is 0.310. The Kier molecular flexibility index (Phi) is 5.47. The third-order valence-electron chi connectivity index (χ3n) is 6.64. The molecule has 3 aromatic carbocycles. The van der Waals surface area contributed by atoms with Crippen LogP contribution in [-0.4, -0.2) is 14.7 Å². The minimum Gasteiger partial charge on any atom is -0.489 e. The second kappa shape index (κ2) is 7.83. The molecule has 1 nitrogen and oxygen atoms in total. The number of ether oxygens (including phenoxy) is 1. The summed E-state index contributed by atoms with van der Waals surface area (Å²) in [6.45, 7) is 18.5. The summed E-state index contributed by atoms with van der Waals surface area (Å²) in [6, 6.07) is 22.6. The van der Waals surface area contributed by atoms with E-state index < -0.39 is 8.07 Å². The van der Waals surface area contributed by atoms with Gasteiger partial charge in [0.25, 0.3) is 0 Å². The van der Waals surface area contributed by atoms with E-state index in [0.717, 1.165) is 5.75 Å². The van der Waals surface area contributed by atoms with Crippen LogP contribution in [0, 0.1) is 6.92 Å². The Morgan fingerprint density at radius 2 is 1.48 bits per heavy atom. The van der Waals surface area contributed by atoms with Crippen LogP contribution in [0.15, 0.2) is 73.3 Å². The van der Waals surface area contributed by atoms with Crippen LogP contribution in [0.4, 0.5) is 0 Å². The second-order valence-corrected chi connectivity index (χ2v) is 14.9. The summed E-state index contributed by atoms with van der Waals surface area (Å²) >= 11 is 0. The van der Waals surface area contributed by atoms with Crippen LogP contribution in [0.3, 0.4) is 0 Å². The largest absolute Gasteiger partial charge is 0.489 e. The van der Waals surface area contributed by atoms with E-state index in [1.165, 1.54) is 38.6 Å². The third-order valence-corrected chi connectivity index (χ3v) is 10.5. The number of benzene rings is 3. The van der Waals surface area contributed by atoms with Gasteiger partial charge >= 0.3 is 0 Å². The monoisotopic (exact) mass is 426 g/mol. The van der Waals surface area contributed by atoms with E-state index >= 15 is 0 Å². The smallest absolute Gasteiger partial charge is 0.122 e. The lowest BCUT2D eigenvalue weighted by atomic mass is 9.85. The Labute approximate surface area is 188 Å². The Balaban J connectivity index is 1.98. The molecule has 0 saturated carbocycles. The molecule has 0 fully saturated rings. The summed E-state index contributed by atoms with van der Waals surface area (Å²) in [5.41, 5.74) is 8.73. The maximum absolute atomic E-state index is 6.44. The fourth-order valence-electron chi connectivity index (χ4n) is 5.20. The normalized spacial score (nSPS) is 13.6. The van der Waals surface area contributed by atoms with E-state index in [2.05, 4.69) is 108 Å². The molecule has 0 bridgehead atoms. The van der Waals surface area contributed by atoms with Gasteiger partial charge in [0.2, 0.25) is 0 Å². The van der Waals surface area contributed by atoms with Gasteiger partial charge in [-0.3, -0.25) is 0 Å². The highest BCUT2D eigenvalue weighted by Crippen LogP contribution is 2.49. The van der Waals surface area contributed by atoms with Crippen molar-refractivity contribution in [3.05, 3.63) is 95.6 Å². The Morgan fingerprint density at radius 3 is 2.00 bits per heavy atom. The number of fused-ring (bicyclic) bond motifs is 3. The molecule has 4 rings (SSSR count). The summed E-state index contributed by atoms with van der Waals surface area (Å²) in [4.78, 5) is 0. The molecular formula is C29H34OSi. The minimum atomic E-state index is -2.04.